The van der Waals surface area contributed by atoms with Crippen LogP contribution in [0.5, 0.6) is 0 Å². The number of hydrogen-bond donors (Lipinski definition) is 1. The van der Waals surface area contributed by atoms with E-state index >= 15 is 0 Å². The van der Waals surface area contributed by atoms with Gasteiger partial charge in [-0.2, -0.15) is 0 Å². The van der Waals surface area contributed by atoms with Gasteiger partial charge in [0.25, 0.3) is 5.91 Å². The first-order valence-corrected chi connectivity index (χ1v) is 9.40. The molecular weight excluding hydrogens is 344 g/mol. The number of anilines is 2. The summed E-state index contributed by atoms with van der Waals surface area (Å²) < 4.78 is 0. The molecule has 0 unspecified atom stereocenters. The van der Waals surface area contributed by atoms with Crippen LogP contribution in [0.25, 0.3) is 0 Å². The minimum absolute atomic E-state index is 0.0630. The average Bonchev–Trinajstić information content (AvgIpc) is 3.04. The number of hydrogen-bond acceptors (Lipinski definition) is 6. The van der Waals surface area contributed by atoms with E-state index in [2.05, 4.69) is 29.1 Å². The highest BCUT2D eigenvalue weighted by atomic mass is 32.1. The highest BCUT2D eigenvalue weighted by molar-refractivity contribution is 7.18. The minimum Gasteiger partial charge on any atom is -0.297 e. The molecule has 0 aliphatic heterocycles. The maximum atomic E-state index is 12.4. The summed E-state index contributed by atoms with van der Waals surface area (Å²) in [4.78, 5) is 36.1. The number of carbonyl (C=O) groups excluding carboxylic acids is 2. The lowest BCUT2D eigenvalue weighted by Crippen LogP contribution is -2.30. The summed E-state index contributed by atoms with van der Waals surface area (Å²) in [7, 11) is 0. The summed E-state index contributed by atoms with van der Waals surface area (Å²) in [5.41, 5.74) is 0.622. The van der Waals surface area contributed by atoms with Gasteiger partial charge in [0.1, 0.15) is 4.88 Å². The zero-order chi connectivity index (χ0) is 17.9. The molecular formula is C16H22N4O2S2. The lowest BCUT2D eigenvalue weighted by atomic mass is 10.1. The largest absolute Gasteiger partial charge is 0.297 e. The highest BCUT2D eigenvalue weighted by Gasteiger charge is 2.22. The van der Waals surface area contributed by atoms with Crippen LogP contribution in [0.4, 0.5) is 10.3 Å². The SMILES string of the molecule is CC(=O)N(CCC(C)C)c1nc(C)c(C(=O)Nc2ncc(C)s2)s1. The molecule has 0 aliphatic rings. The van der Waals surface area contributed by atoms with Crippen molar-refractivity contribution in [1.29, 1.82) is 0 Å². The fourth-order valence-electron chi connectivity index (χ4n) is 2.05. The predicted molar refractivity (Wildman–Crippen MR) is 99.1 cm³/mol. The molecule has 2 heterocycles. The Morgan fingerprint density at radius 2 is 2.00 bits per heavy atom. The van der Waals surface area contributed by atoms with Crippen molar-refractivity contribution in [2.24, 2.45) is 5.92 Å². The van der Waals surface area contributed by atoms with E-state index in [0.717, 1.165) is 11.3 Å². The molecule has 2 rings (SSSR count). The quantitative estimate of drug-likeness (QED) is 0.842. The smallest absolute Gasteiger partial charge is 0.269 e. The highest BCUT2D eigenvalue weighted by Crippen LogP contribution is 2.28. The number of aromatic nitrogens is 2. The van der Waals surface area contributed by atoms with Crippen LogP contribution in [0, 0.1) is 19.8 Å². The van der Waals surface area contributed by atoms with E-state index in [0.29, 0.717) is 33.3 Å². The maximum absolute atomic E-state index is 12.4. The Balaban J connectivity index is 2.18. The molecule has 1 N–H and O–H groups in total. The zero-order valence-electron chi connectivity index (χ0n) is 14.5. The third-order valence-corrected chi connectivity index (χ3v) is 5.38. The van der Waals surface area contributed by atoms with Gasteiger partial charge in [-0.15, -0.1) is 11.3 Å². The van der Waals surface area contributed by atoms with Crippen molar-refractivity contribution < 1.29 is 9.59 Å². The predicted octanol–water partition coefficient (Wildman–Crippen LogP) is 3.87. The minimum atomic E-state index is -0.238. The Morgan fingerprint density at radius 3 is 2.54 bits per heavy atom. The Bertz CT molecular complexity index is 736. The molecule has 0 bridgehead atoms. The number of rotatable bonds is 6. The number of aryl methyl sites for hydroxylation is 2. The monoisotopic (exact) mass is 366 g/mol. The summed E-state index contributed by atoms with van der Waals surface area (Å²) in [6, 6.07) is 0. The second-order valence-corrected chi connectivity index (χ2v) is 8.21. The zero-order valence-corrected chi connectivity index (χ0v) is 16.2. The third-order valence-electron chi connectivity index (χ3n) is 3.37. The van der Waals surface area contributed by atoms with Gasteiger partial charge in [-0.1, -0.05) is 25.2 Å². The summed E-state index contributed by atoms with van der Waals surface area (Å²) in [5, 5.41) is 3.92. The van der Waals surface area contributed by atoms with Crippen molar-refractivity contribution in [3.63, 3.8) is 0 Å². The van der Waals surface area contributed by atoms with Gasteiger partial charge in [-0.25, -0.2) is 9.97 Å². The molecule has 2 amide bonds. The second kappa shape index (κ2) is 7.85. The van der Waals surface area contributed by atoms with Crippen LogP contribution in [0.3, 0.4) is 0 Å². The molecule has 0 aliphatic carbocycles. The van der Waals surface area contributed by atoms with Gasteiger partial charge in [-0.3, -0.25) is 19.8 Å². The molecule has 130 valence electrons. The first-order valence-electron chi connectivity index (χ1n) is 7.77. The molecule has 0 saturated heterocycles. The first kappa shape index (κ1) is 18.5. The Morgan fingerprint density at radius 1 is 1.29 bits per heavy atom. The molecule has 8 heteroatoms. The molecule has 0 spiro atoms. The fraction of sp³-hybridized carbons (Fsp3) is 0.500. The van der Waals surface area contributed by atoms with E-state index in [-0.39, 0.29) is 11.8 Å². The van der Waals surface area contributed by atoms with Crippen molar-refractivity contribution in [2.45, 2.75) is 41.0 Å². The number of nitrogens with zero attached hydrogens (tertiary/aromatic N) is 3. The second-order valence-electron chi connectivity index (χ2n) is 5.99. The van der Waals surface area contributed by atoms with E-state index in [1.807, 2.05) is 6.92 Å². The van der Waals surface area contributed by atoms with E-state index in [1.165, 1.54) is 29.6 Å². The third kappa shape index (κ3) is 4.61. The normalized spacial score (nSPS) is 10.9. The van der Waals surface area contributed by atoms with Gasteiger partial charge in [-0.05, 0) is 26.2 Å². The first-order chi connectivity index (χ1) is 11.3. The van der Waals surface area contributed by atoms with E-state index in [9.17, 15) is 9.59 Å². The van der Waals surface area contributed by atoms with Crippen LogP contribution in [-0.4, -0.2) is 28.3 Å². The van der Waals surface area contributed by atoms with Gasteiger partial charge in [0.05, 0.1) is 5.69 Å². The summed E-state index contributed by atoms with van der Waals surface area (Å²) in [5.74, 6) is 0.189. The van der Waals surface area contributed by atoms with Crippen LogP contribution in [0.1, 0.15) is 47.4 Å². The van der Waals surface area contributed by atoms with Gasteiger partial charge in [0.15, 0.2) is 10.3 Å². The summed E-state index contributed by atoms with van der Waals surface area (Å²) >= 11 is 2.66. The van der Waals surface area contributed by atoms with Crippen LogP contribution in [0.15, 0.2) is 6.20 Å². The fourth-order valence-corrected chi connectivity index (χ4v) is 3.74. The van der Waals surface area contributed by atoms with Crippen molar-refractivity contribution in [3.8, 4) is 0 Å². The molecule has 0 fully saturated rings. The number of thiazole rings is 2. The lowest BCUT2D eigenvalue weighted by Gasteiger charge is -2.18. The molecule has 0 atom stereocenters. The average molecular weight is 367 g/mol. The lowest BCUT2D eigenvalue weighted by molar-refractivity contribution is -0.116. The Labute approximate surface area is 149 Å². The van der Waals surface area contributed by atoms with Crippen molar-refractivity contribution in [3.05, 3.63) is 21.6 Å². The molecule has 6 nitrogen and oxygen atoms in total. The molecule has 2 aromatic heterocycles. The maximum Gasteiger partial charge on any atom is 0.269 e. The van der Waals surface area contributed by atoms with E-state index in [1.54, 1.807) is 18.0 Å². The van der Waals surface area contributed by atoms with E-state index < -0.39 is 0 Å². The Hall–Kier alpha value is -1.80. The molecule has 0 saturated carbocycles. The molecule has 2 aromatic rings. The molecule has 24 heavy (non-hydrogen) atoms. The van der Waals surface area contributed by atoms with Crippen molar-refractivity contribution >= 4 is 44.8 Å². The van der Waals surface area contributed by atoms with Crippen LogP contribution < -0.4 is 10.2 Å². The molecule has 0 aromatic carbocycles. The van der Waals surface area contributed by atoms with Gasteiger partial charge >= 0.3 is 0 Å². The molecule has 0 radical (unpaired) electrons. The van der Waals surface area contributed by atoms with E-state index in [4.69, 9.17) is 0 Å². The van der Waals surface area contributed by atoms with Crippen molar-refractivity contribution in [1.82, 2.24) is 9.97 Å². The Kier molecular flexibility index (Phi) is 6.06. The van der Waals surface area contributed by atoms with Crippen LogP contribution in [-0.2, 0) is 4.79 Å². The van der Waals surface area contributed by atoms with Crippen LogP contribution in [0.2, 0.25) is 0 Å². The number of nitrogens with one attached hydrogen (secondary N) is 1. The van der Waals surface area contributed by atoms with Gasteiger partial charge < -0.3 is 0 Å². The standard InChI is InChI=1S/C16H22N4O2S2/c1-9(2)6-7-20(12(5)21)16-18-11(4)13(24-16)14(22)19-15-17-8-10(3)23-15/h8-9H,6-7H2,1-5H3,(H,17,19,22). The van der Waals surface area contributed by atoms with Gasteiger partial charge in [0.2, 0.25) is 5.91 Å². The summed E-state index contributed by atoms with van der Waals surface area (Å²) in [6.45, 7) is 10.1. The summed E-state index contributed by atoms with van der Waals surface area (Å²) in [6.07, 6.45) is 2.60. The number of carbonyl (C=O) groups is 2. The topological polar surface area (TPSA) is 75.2 Å². The van der Waals surface area contributed by atoms with Crippen LogP contribution >= 0.6 is 22.7 Å². The van der Waals surface area contributed by atoms with Gasteiger partial charge in [0, 0.05) is 24.5 Å². The number of amides is 2. The van der Waals surface area contributed by atoms with Crippen molar-refractivity contribution in [2.75, 3.05) is 16.8 Å².